The number of carboxylic acid groups (broad SMARTS) is 4. The average Bonchev–Trinajstić information content (AvgIpc) is 2.34. The fraction of sp³-hybridized carbons (Fsp3) is 0.600. The molecule has 0 aliphatic heterocycles. The summed E-state index contributed by atoms with van der Waals surface area (Å²) < 4.78 is 4.82. The molecule has 0 saturated carbocycles. The molecule has 0 radical (unpaired) electrons. The molecule has 0 aliphatic carbocycles. The Labute approximate surface area is 118 Å². The van der Waals surface area contributed by atoms with Gasteiger partial charge in [-0.3, -0.25) is 29.8 Å². The second kappa shape index (κ2) is 9.63. The van der Waals surface area contributed by atoms with Crippen molar-refractivity contribution in [2.75, 3.05) is 13.5 Å². The lowest BCUT2D eigenvalue weighted by atomic mass is 10.2. The van der Waals surface area contributed by atoms with Gasteiger partial charge < -0.3 is 25.2 Å². The van der Waals surface area contributed by atoms with Crippen molar-refractivity contribution in [2.24, 2.45) is 0 Å². The maximum absolute atomic E-state index is 10.7. The van der Waals surface area contributed by atoms with Crippen LogP contribution < -0.4 is 10.6 Å². The minimum Gasteiger partial charge on any atom is -0.481 e. The molecule has 0 saturated heterocycles. The summed E-state index contributed by atoms with van der Waals surface area (Å²) in [6, 6.07) is -2.70. The van der Waals surface area contributed by atoms with E-state index in [1.165, 1.54) is 0 Å². The average molecular weight is 308 g/mol. The highest BCUT2D eigenvalue weighted by Crippen LogP contribution is 1.94. The molecule has 0 rings (SSSR count). The number of rotatable bonds is 12. The van der Waals surface area contributed by atoms with E-state index in [1.54, 1.807) is 0 Å². The molecule has 0 aromatic carbocycles. The van der Waals surface area contributed by atoms with E-state index in [-0.39, 0.29) is 13.5 Å². The van der Waals surface area contributed by atoms with Gasteiger partial charge in [-0.15, -0.1) is 0 Å². The van der Waals surface area contributed by atoms with Crippen LogP contribution in [0.15, 0.2) is 0 Å². The largest absolute Gasteiger partial charge is 0.481 e. The molecule has 0 amide bonds. The van der Waals surface area contributed by atoms with Gasteiger partial charge in [0.1, 0.15) is 12.1 Å². The fourth-order valence-corrected chi connectivity index (χ4v) is 1.21. The number of nitrogens with one attached hydrogen (secondary N) is 2. The fourth-order valence-electron chi connectivity index (χ4n) is 1.21. The molecular weight excluding hydrogens is 292 g/mol. The molecule has 0 heterocycles. The van der Waals surface area contributed by atoms with Crippen molar-refractivity contribution in [3.63, 3.8) is 0 Å². The standard InChI is InChI=1S/C10H16N2O9/c13-7(14)1-5(9(17)18)11-3-21-4-12-6(10(19)20)2-8(15)16/h5-6,11-12H,1-4H2,(H,13,14)(H,15,16)(H,17,18)(H,19,20). The summed E-state index contributed by atoms with van der Waals surface area (Å²) in [6.07, 6.45) is -1.30. The highest BCUT2D eigenvalue weighted by molar-refractivity contribution is 5.81. The lowest BCUT2D eigenvalue weighted by molar-refractivity contribution is -0.147. The zero-order valence-electron chi connectivity index (χ0n) is 10.8. The van der Waals surface area contributed by atoms with Crippen molar-refractivity contribution in [1.29, 1.82) is 0 Å². The number of aliphatic carboxylic acids is 4. The van der Waals surface area contributed by atoms with Gasteiger partial charge in [0.15, 0.2) is 0 Å². The normalized spacial score (nSPS) is 13.3. The van der Waals surface area contributed by atoms with Crippen LogP contribution in [0.2, 0.25) is 0 Å². The molecule has 0 aliphatic rings. The number of carboxylic acids is 4. The third kappa shape index (κ3) is 9.32. The monoisotopic (exact) mass is 308 g/mol. The molecule has 2 atom stereocenters. The van der Waals surface area contributed by atoms with E-state index in [0.717, 1.165) is 0 Å². The van der Waals surface area contributed by atoms with Crippen LogP contribution in [0.25, 0.3) is 0 Å². The highest BCUT2D eigenvalue weighted by atomic mass is 16.5. The van der Waals surface area contributed by atoms with Gasteiger partial charge in [0.05, 0.1) is 26.3 Å². The summed E-state index contributed by atoms with van der Waals surface area (Å²) in [4.78, 5) is 42.1. The van der Waals surface area contributed by atoms with E-state index < -0.39 is 48.8 Å². The van der Waals surface area contributed by atoms with Crippen molar-refractivity contribution in [3.8, 4) is 0 Å². The Morgan fingerprint density at radius 3 is 1.33 bits per heavy atom. The Morgan fingerprint density at radius 2 is 1.10 bits per heavy atom. The maximum Gasteiger partial charge on any atom is 0.321 e. The van der Waals surface area contributed by atoms with Crippen molar-refractivity contribution < 1.29 is 44.3 Å². The second-order valence-corrected chi connectivity index (χ2v) is 3.88. The van der Waals surface area contributed by atoms with Crippen molar-refractivity contribution in [3.05, 3.63) is 0 Å². The topological polar surface area (TPSA) is 182 Å². The van der Waals surface area contributed by atoms with Gasteiger partial charge >= 0.3 is 23.9 Å². The number of carbonyl (C=O) groups is 4. The first-order chi connectivity index (χ1) is 9.73. The van der Waals surface area contributed by atoms with Crippen molar-refractivity contribution in [2.45, 2.75) is 24.9 Å². The molecular formula is C10H16N2O9. The van der Waals surface area contributed by atoms with Crippen LogP contribution in [0, 0.1) is 0 Å². The molecule has 21 heavy (non-hydrogen) atoms. The molecule has 2 unspecified atom stereocenters. The third-order valence-corrected chi connectivity index (χ3v) is 2.22. The summed E-state index contributed by atoms with van der Waals surface area (Å²) >= 11 is 0. The molecule has 11 heteroatoms. The zero-order chi connectivity index (χ0) is 16.4. The zero-order valence-corrected chi connectivity index (χ0v) is 10.8. The van der Waals surface area contributed by atoms with Crippen LogP contribution in [0.1, 0.15) is 12.8 Å². The molecule has 0 fully saturated rings. The molecule has 0 bridgehead atoms. The van der Waals surface area contributed by atoms with Crippen LogP contribution in [0.3, 0.4) is 0 Å². The van der Waals surface area contributed by atoms with Crippen LogP contribution in [0.5, 0.6) is 0 Å². The smallest absolute Gasteiger partial charge is 0.321 e. The third-order valence-electron chi connectivity index (χ3n) is 2.22. The first-order valence-corrected chi connectivity index (χ1v) is 5.67. The van der Waals surface area contributed by atoms with Crippen molar-refractivity contribution >= 4 is 23.9 Å². The summed E-state index contributed by atoms with van der Waals surface area (Å²) in [6.45, 7) is -0.701. The van der Waals surface area contributed by atoms with Gasteiger partial charge in [0.25, 0.3) is 0 Å². The first-order valence-electron chi connectivity index (χ1n) is 5.67. The predicted molar refractivity (Wildman–Crippen MR) is 64.4 cm³/mol. The Kier molecular flexibility index (Phi) is 8.60. The summed E-state index contributed by atoms with van der Waals surface area (Å²) in [5, 5.41) is 38.9. The summed E-state index contributed by atoms with van der Waals surface area (Å²) in [5.74, 6) is -5.35. The van der Waals surface area contributed by atoms with E-state index in [9.17, 15) is 19.2 Å². The molecule has 0 spiro atoms. The molecule has 6 N–H and O–H groups in total. The summed E-state index contributed by atoms with van der Waals surface area (Å²) in [5.41, 5.74) is 0. The Hall–Kier alpha value is -2.24. The predicted octanol–water partition coefficient (Wildman–Crippen LogP) is -2.05. The molecule has 120 valence electrons. The van der Waals surface area contributed by atoms with E-state index in [2.05, 4.69) is 10.6 Å². The van der Waals surface area contributed by atoms with E-state index in [0.29, 0.717) is 0 Å². The minimum absolute atomic E-state index is 0.351. The lowest BCUT2D eigenvalue weighted by Gasteiger charge is -2.15. The minimum atomic E-state index is -1.37. The van der Waals surface area contributed by atoms with Gasteiger partial charge in [0, 0.05) is 0 Å². The van der Waals surface area contributed by atoms with Gasteiger partial charge in [-0.05, 0) is 0 Å². The second-order valence-electron chi connectivity index (χ2n) is 3.88. The van der Waals surface area contributed by atoms with E-state index in [1.807, 2.05) is 0 Å². The molecule has 11 nitrogen and oxygen atoms in total. The van der Waals surface area contributed by atoms with Crippen LogP contribution in [-0.2, 0) is 23.9 Å². The van der Waals surface area contributed by atoms with Gasteiger partial charge in [0.2, 0.25) is 0 Å². The molecule has 0 aromatic rings. The summed E-state index contributed by atoms with van der Waals surface area (Å²) in [7, 11) is 0. The maximum atomic E-state index is 10.7. The van der Waals surface area contributed by atoms with Crippen molar-refractivity contribution in [1.82, 2.24) is 10.6 Å². The van der Waals surface area contributed by atoms with Crippen LogP contribution in [0.4, 0.5) is 0 Å². The Balaban J connectivity index is 4.01. The van der Waals surface area contributed by atoms with Gasteiger partial charge in [-0.2, -0.15) is 0 Å². The van der Waals surface area contributed by atoms with Gasteiger partial charge in [-0.25, -0.2) is 0 Å². The number of hydrogen-bond acceptors (Lipinski definition) is 7. The van der Waals surface area contributed by atoms with Gasteiger partial charge in [-0.1, -0.05) is 0 Å². The SMILES string of the molecule is O=C(O)CC(NCOCNC(CC(=O)O)C(=O)O)C(=O)O. The van der Waals surface area contributed by atoms with E-state index in [4.69, 9.17) is 25.2 Å². The van der Waals surface area contributed by atoms with Crippen LogP contribution in [-0.4, -0.2) is 69.8 Å². The van der Waals surface area contributed by atoms with E-state index >= 15 is 0 Å². The number of ether oxygens (including phenoxy) is 1. The quantitative estimate of drug-likeness (QED) is 0.172. The highest BCUT2D eigenvalue weighted by Gasteiger charge is 2.21. The lowest BCUT2D eigenvalue weighted by Crippen LogP contribution is -2.43. The van der Waals surface area contributed by atoms with Crippen LogP contribution >= 0.6 is 0 Å². The molecule has 0 aromatic heterocycles. The Morgan fingerprint density at radius 1 is 0.762 bits per heavy atom. The number of hydrogen-bond donors (Lipinski definition) is 6. The Bertz CT molecular complexity index is 362. The first kappa shape index (κ1) is 18.8.